The van der Waals surface area contributed by atoms with E-state index in [9.17, 15) is 0 Å². The van der Waals surface area contributed by atoms with Crippen LogP contribution < -0.4 is 0 Å². The molecule has 2 nitrogen and oxygen atoms in total. The van der Waals surface area contributed by atoms with Gasteiger partial charge in [-0.05, 0) is 61.7 Å². The Bertz CT molecular complexity index is 2660. The highest BCUT2D eigenvalue weighted by Crippen LogP contribution is 2.58. The van der Waals surface area contributed by atoms with Gasteiger partial charge < -0.3 is 0 Å². The molecule has 0 fully saturated rings. The van der Waals surface area contributed by atoms with Gasteiger partial charge >= 0.3 is 0 Å². The zero-order valence-corrected chi connectivity index (χ0v) is 26.7. The van der Waals surface area contributed by atoms with Crippen LogP contribution in [0.2, 0.25) is 0 Å². The summed E-state index contributed by atoms with van der Waals surface area (Å²) in [6.45, 7) is 0. The number of aromatic nitrogens is 2. The van der Waals surface area contributed by atoms with Crippen LogP contribution in [0.15, 0.2) is 182 Å². The molecular weight excluding hydrogens is 593 g/mol. The number of benzene rings is 8. The molecule has 1 aromatic heterocycles. The summed E-state index contributed by atoms with van der Waals surface area (Å²) in [6.07, 6.45) is 0. The second kappa shape index (κ2) is 10.8. The first kappa shape index (κ1) is 27.7. The molecule has 0 unspecified atom stereocenters. The van der Waals surface area contributed by atoms with Crippen LogP contribution in [0.1, 0.15) is 22.3 Å². The van der Waals surface area contributed by atoms with Crippen molar-refractivity contribution in [1.29, 1.82) is 0 Å². The highest BCUT2D eigenvalue weighted by atomic mass is 14.9. The summed E-state index contributed by atoms with van der Waals surface area (Å²) in [4.78, 5) is 10.6. The molecule has 1 aliphatic carbocycles. The van der Waals surface area contributed by atoms with Gasteiger partial charge in [0.15, 0.2) is 5.82 Å². The highest BCUT2D eigenvalue weighted by Gasteiger charge is 2.46. The number of nitrogens with zero attached hydrogens (tertiary/aromatic N) is 2. The minimum Gasteiger partial charge on any atom is -0.227 e. The third-order valence-corrected chi connectivity index (χ3v) is 10.3. The van der Waals surface area contributed by atoms with Gasteiger partial charge in [-0.3, -0.25) is 0 Å². The molecule has 0 N–H and O–H groups in total. The molecule has 49 heavy (non-hydrogen) atoms. The van der Waals surface area contributed by atoms with Crippen molar-refractivity contribution in [2.45, 2.75) is 5.41 Å². The molecule has 0 atom stereocenters. The smallest absolute Gasteiger partial charge is 0.160 e. The van der Waals surface area contributed by atoms with Crippen molar-refractivity contribution in [1.82, 2.24) is 9.97 Å². The summed E-state index contributed by atoms with van der Waals surface area (Å²) < 4.78 is 0. The van der Waals surface area contributed by atoms with Gasteiger partial charge in [0.2, 0.25) is 0 Å². The van der Waals surface area contributed by atoms with E-state index in [2.05, 4.69) is 176 Å². The normalized spacial score (nSPS) is 13.1. The molecule has 0 spiro atoms. The van der Waals surface area contributed by atoms with Crippen LogP contribution in [-0.2, 0) is 5.41 Å². The van der Waals surface area contributed by atoms with E-state index in [0.29, 0.717) is 0 Å². The molecule has 0 saturated carbocycles. The molecule has 228 valence electrons. The van der Waals surface area contributed by atoms with Crippen LogP contribution in [0.3, 0.4) is 0 Å². The third-order valence-electron chi connectivity index (χ3n) is 10.3. The minimum absolute atomic E-state index is 0.464. The Balaban J connectivity index is 1.25. The van der Waals surface area contributed by atoms with Crippen molar-refractivity contribution >= 4 is 32.4 Å². The van der Waals surface area contributed by atoms with Gasteiger partial charge in [-0.2, -0.15) is 0 Å². The molecule has 10 rings (SSSR count). The molecule has 2 heteroatoms. The van der Waals surface area contributed by atoms with E-state index in [4.69, 9.17) is 9.97 Å². The van der Waals surface area contributed by atoms with Crippen LogP contribution in [0, 0.1) is 0 Å². The predicted molar refractivity (Wildman–Crippen MR) is 203 cm³/mol. The van der Waals surface area contributed by atoms with E-state index in [1.807, 2.05) is 6.07 Å². The number of hydrogen-bond donors (Lipinski definition) is 0. The number of hydrogen-bond acceptors (Lipinski definition) is 2. The van der Waals surface area contributed by atoms with Crippen molar-refractivity contribution in [2.24, 2.45) is 0 Å². The summed E-state index contributed by atoms with van der Waals surface area (Å²) in [5, 5.41) is 5.77. The van der Waals surface area contributed by atoms with E-state index in [0.717, 1.165) is 38.9 Å². The van der Waals surface area contributed by atoms with Crippen LogP contribution in [0.25, 0.3) is 66.2 Å². The minimum atomic E-state index is -0.464. The second-order valence-corrected chi connectivity index (χ2v) is 12.9. The number of fused-ring (bicyclic) bond motifs is 8. The molecule has 0 saturated heterocycles. The van der Waals surface area contributed by atoms with Gasteiger partial charge in [-0.1, -0.05) is 170 Å². The second-order valence-electron chi connectivity index (χ2n) is 12.9. The topological polar surface area (TPSA) is 25.8 Å². The van der Waals surface area contributed by atoms with Crippen LogP contribution in [-0.4, -0.2) is 9.97 Å². The lowest BCUT2D eigenvalue weighted by molar-refractivity contribution is 0.775. The average molecular weight is 623 g/mol. The lowest BCUT2D eigenvalue weighted by Gasteiger charge is -2.34. The van der Waals surface area contributed by atoms with Gasteiger partial charge in [0, 0.05) is 21.9 Å². The van der Waals surface area contributed by atoms with Crippen molar-refractivity contribution in [3.8, 4) is 33.8 Å². The van der Waals surface area contributed by atoms with Gasteiger partial charge in [0.1, 0.15) is 0 Å². The molecule has 0 amide bonds. The molecule has 1 heterocycles. The lowest BCUT2D eigenvalue weighted by atomic mass is 9.66. The molecule has 8 aromatic carbocycles. The summed E-state index contributed by atoms with van der Waals surface area (Å²) in [5.74, 6) is 0.728. The monoisotopic (exact) mass is 622 g/mol. The maximum atomic E-state index is 5.28. The molecular formula is C47H30N2. The van der Waals surface area contributed by atoms with Gasteiger partial charge in [0.25, 0.3) is 0 Å². The standard InChI is InChI=1S/C47H30N2/c1-4-15-32(16-5-1)44-41-29-24-31-14-10-11-21-38(31)45(41)49-46(48-44)34-26-27-37-33(30-34)25-28-40-39-22-12-13-23-42(39)47(43(37)40,35-17-6-2-7-18-35)36-19-8-3-9-20-36/h1-30H. The largest absolute Gasteiger partial charge is 0.227 e. The van der Waals surface area contributed by atoms with Crippen molar-refractivity contribution in [3.05, 3.63) is 204 Å². The highest BCUT2D eigenvalue weighted by molar-refractivity contribution is 6.10. The fraction of sp³-hybridized carbons (Fsp3) is 0.0213. The Morgan fingerprint density at radius 2 is 1.02 bits per heavy atom. The van der Waals surface area contributed by atoms with Crippen LogP contribution >= 0.6 is 0 Å². The zero-order chi connectivity index (χ0) is 32.4. The first-order valence-electron chi connectivity index (χ1n) is 16.8. The third kappa shape index (κ3) is 4.07. The molecule has 1 aliphatic rings. The Morgan fingerprint density at radius 3 is 1.80 bits per heavy atom. The SMILES string of the molecule is c1ccc(-c2nc(-c3ccc4c5c(ccc4c3)-c3ccccc3C5(c3ccccc3)c3ccccc3)nc3c2ccc2ccccc23)cc1. The molecule has 0 aliphatic heterocycles. The van der Waals surface area contributed by atoms with Crippen LogP contribution in [0.5, 0.6) is 0 Å². The lowest BCUT2D eigenvalue weighted by Crippen LogP contribution is -2.28. The fourth-order valence-corrected chi connectivity index (χ4v) is 8.23. The van der Waals surface area contributed by atoms with Crippen molar-refractivity contribution < 1.29 is 0 Å². The van der Waals surface area contributed by atoms with Crippen molar-refractivity contribution in [2.75, 3.05) is 0 Å². The first-order chi connectivity index (χ1) is 24.3. The summed E-state index contributed by atoms with van der Waals surface area (Å²) in [7, 11) is 0. The Morgan fingerprint density at radius 1 is 0.388 bits per heavy atom. The summed E-state index contributed by atoms with van der Waals surface area (Å²) in [6, 6.07) is 65.6. The Hall–Kier alpha value is -6.38. The van der Waals surface area contributed by atoms with Gasteiger partial charge in [-0.15, -0.1) is 0 Å². The van der Waals surface area contributed by atoms with E-state index in [1.165, 1.54) is 49.5 Å². The van der Waals surface area contributed by atoms with Gasteiger partial charge in [0.05, 0.1) is 16.6 Å². The van der Waals surface area contributed by atoms with E-state index < -0.39 is 5.41 Å². The molecule has 0 bridgehead atoms. The van der Waals surface area contributed by atoms with Crippen LogP contribution in [0.4, 0.5) is 0 Å². The summed E-state index contributed by atoms with van der Waals surface area (Å²) in [5.41, 5.74) is 11.3. The zero-order valence-electron chi connectivity index (χ0n) is 26.7. The quantitative estimate of drug-likeness (QED) is 0.183. The van der Waals surface area contributed by atoms with E-state index >= 15 is 0 Å². The Kier molecular flexibility index (Phi) is 6.13. The van der Waals surface area contributed by atoms with E-state index in [1.54, 1.807) is 0 Å². The van der Waals surface area contributed by atoms with Gasteiger partial charge in [-0.25, -0.2) is 9.97 Å². The number of rotatable bonds is 4. The predicted octanol–water partition coefficient (Wildman–Crippen LogP) is 11.6. The molecule has 0 radical (unpaired) electrons. The molecule has 9 aromatic rings. The average Bonchev–Trinajstić information content (AvgIpc) is 3.50. The fourth-order valence-electron chi connectivity index (χ4n) is 8.23. The van der Waals surface area contributed by atoms with E-state index in [-0.39, 0.29) is 0 Å². The Labute approximate surface area is 285 Å². The summed E-state index contributed by atoms with van der Waals surface area (Å²) >= 11 is 0. The first-order valence-corrected chi connectivity index (χ1v) is 16.8. The maximum absolute atomic E-state index is 5.28. The van der Waals surface area contributed by atoms with Crippen molar-refractivity contribution in [3.63, 3.8) is 0 Å². The maximum Gasteiger partial charge on any atom is 0.160 e.